The number of nitrogens with zero attached hydrogens (tertiary/aromatic N) is 4. The predicted molar refractivity (Wildman–Crippen MR) is 99.4 cm³/mol. The Morgan fingerprint density at radius 2 is 1.88 bits per heavy atom. The lowest BCUT2D eigenvalue weighted by Crippen LogP contribution is -2.35. The highest BCUT2D eigenvalue weighted by Crippen LogP contribution is 2.22. The second-order valence-corrected chi connectivity index (χ2v) is 6.74. The van der Waals surface area contributed by atoms with Crippen molar-refractivity contribution in [3.05, 3.63) is 22.5 Å². The Hall–Kier alpha value is -1.82. The Morgan fingerprint density at radius 1 is 1.20 bits per heavy atom. The van der Waals surface area contributed by atoms with Crippen LogP contribution in [0.3, 0.4) is 0 Å². The largest absolute Gasteiger partial charge is 0.341 e. The van der Waals surface area contributed by atoms with E-state index >= 15 is 0 Å². The van der Waals surface area contributed by atoms with Gasteiger partial charge in [-0.1, -0.05) is 24.9 Å². The van der Waals surface area contributed by atoms with E-state index in [0.717, 1.165) is 37.1 Å². The highest BCUT2D eigenvalue weighted by molar-refractivity contribution is 6.31. The molecule has 138 valence electrons. The smallest absolute Gasteiger partial charge is 0.246 e. The Balaban J connectivity index is 2.02. The van der Waals surface area contributed by atoms with Crippen LogP contribution in [0.1, 0.15) is 44.4 Å². The van der Waals surface area contributed by atoms with Gasteiger partial charge in [-0.25, -0.2) is 0 Å². The van der Waals surface area contributed by atoms with Crippen molar-refractivity contribution >= 4 is 29.5 Å². The second-order valence-electron chi connectivity index (χ2n) is 6.38. The monoisotopic (exact) mass is 366 g/mol. The standard InChI is InChI=1S/C18H27ClN4O2/c1-4-5-11-23-18(19)16(14(2)20-23)7-8-17(25)22-10-6-9-21(12-13-22)15(3)24/h7-8H,4-6,9-13H2,1-3H3/b8-7+. The maximum atomic E-state index is 12.5. The van der Waals surface area contributed by atoms with Crippen LogP contribution in [-0.4, -0.2) is 57.6 Å². The van der Waals surface area contributed by atoms with E-state index < -0.39 is 0 Å². The number of carbonyl (C=O) groups excluding carboxylic acids is 2. The Labute approximate surface area is 154 Å². The molecule has 1 aromatic heterocycles. The van der Waals surface area contributed by atoms with Gasteiger partial charge in [0.25, 0.3) is 0 Å². The molecule has 0 aliphatic carbocycles. The molecule has 0 spiro atoms. The molecular weight excluding hydrogens is 340 g/mol. The molecule has 6 nitrogen and oxygen atoms in total. The molecule has 0 radical (unpaired) electrons. The molecule has 0 aromatic carbocycles. The number of aryl methyl sites for hydroxylation is 2. The van der Waals surface area contributed by atoms with Crippen molar-refractivity contribution in [1.29, 1.82) is 0 Å². The zero-order valence-corrected chi connectivity index (χ0v) is 16.1. The molecule has 0 atom stereocenters. The minimum Gasteiger partial charge on any atom is -0.341 e. The number of hydrogen-bond acceptors (Lipinski definition) is 3. The fourth-order valence-corrected chi connectivity index (χ4v) is 3.25. The summed E-state index contributed by atoms with van der Waals surface area (Å²) in [5.74, 6) is 0.00826. The topological polar surface area (TPSA) is 58.4 Å². The summed E-state index contributed by atoms with van der Waals surface area (Å²) in [6, 6.07) is 0. The Morgan fingerprint density at radius 3 is 2.56 bits per heavy atom. The van der Waals surface area contributed by atoms with Crippen LogP contribution in [0.15, 0.2) is 6.08 Å². The van der Waals surface area contributed by atoms with Gasteiger partial charge in [-0.05, 0) is 25.8 Å². The molecular formula is C18H27ClN4O2. The number of carbonyl (C=O) groups is 2. The first-order valence-electron chi connectivity index (χ1n) is 8.89. The lowest BCUT2D eigenvalue weighted by atomic mass is 10.2. The third-order valence-corrected chi connectivity index (χ3v) is 4.88. The summed E-state index contributed by atoms with van der Waals surface area (Å²) in [7, 11) is 0. The maximum absolute atomic E-state index is 12.5. The van der Waals surface area contributed by atoms with E-state index in [1.54, 1.807) is 33.6 Å². The molecule has 7 heteroatoms. The van der Waals surface area contributed by atoms with Gasteiger partial charge >= 0.3 is 0 Å². The van der Waals surface area contributed by atoms with Gasteiger partial charge in [-0.2, -0.15) is 5.10 Å². The van der Waals surface area contributed by atoms with Gasteiger partial charge in [0.2, 0.25) is 11.8 Å². The zero-order valence-electron chi connectivity index (χ0n) is 15.3. The molecule has 2 heterocycles. The van der Waals surface area contributed by atoms with E-state index in [0.29, 0.717) is 31.3 Å². The van der Waals surface area contributed by atoms with Crippen LogP contribution < -0.4 is 0 Å². The average Bonchev–Trinajstić information content (AvgIpc) is 2.76. The number of halogens is 1. The highest BCUT2D eigenvalue weighted by atomic mass is 35.5. The fourth-order valence-electron chi connectivity index (χ4n) is 2.93. The fraction of sp³-hybridized carbons (Fsp3) is 0.611. The van der Waals surface area contributed by atoms with Gasteiger partial charge in [0, 0.05) is 51.3 Å². The zero-order chi connectivity index (χ0) is 18.4. The van der Waals surface area contributed by atoms with E-state index in [9.17, 15) is 9.59 Å². The molecule has 0 N–H and O–H groups in total. The first-order valence-corrected chi connectivity index (χ1v) is 9.27. The van der Waals surface area contributed by atoms with Crippen LogP contribution in [0.25, 0.3) is 6.08 Å². The summed E-state index contributed by atoms with van der Waals surface area (Å²) in [6.07, 6.45) is 6.20. The summed E-state index contributed by atoms with van der Waals surface area (Å²) in [6.45, 7) is 8.89. The van der Waals surface area contributed by atoms with Crippen molar-refractivity contribution in [1.82, 2.24) is 19.6 Å². The number of aromatic nitrogens is 2. The summed E-state index contributed by atoms with van der Waals surface area (Å²) < 4.78 is 1.79. The highest BCUT2D eigenvalue weighted by Gasteiger charge is 2.19. The maximum Gasteiger partial charge on any atom is 0.246 e. The summed E-state index contributed by atoms with van der Waals surface area (Å²) in [5, 5.41) is 5.02. The molecule has 1 aromatic rings. The molecule has 1 saturated heterocycles. The van der Waals surface area contributed by atoms with Crippen molar-refractivity contribution in [2.24, 2.45) is 0 Å². The average molecular weight is 367 g/mol. The second kappa shape index (κ2) is 9.04. The van der Waals surface area contributed by atoms with E-state index in [1.165, 1.54) is 0 Å². The Kier molecular flexibility index (Phi) is 7.05. The van der Waals surface area contributed by atoms with Crippen molar-refractivity contribution < 1.29 is 9.59 Å². The molecule has 0 unspecified atom stereocenters. The van der Waals surface area contributed by atoms with Gasteiger partial charge in [0.15, 0.2) is 0 Å². The molecule has 0 saturated carbocycles. The third-order valence-electron chi connectivity index (χ3n) is 4.48. The number of hydrogen-bond donors (Lipinski definition) is 0. The van der Waals surface area contributed by atoms with Gasteiger partial charge < -0.3 is 9.80 Å². The van der Waals surface area contributed by atoms with Crippen LogP contribution in [0.5, 0.6) is 0 Å². The van der Waals surface area contributed by atoms with E-state index in [1.807, 2.05) is 6.92 Å². The summed E-state index contributed by atoms with van der Waals surface area (Å²) >= 11 is 6.39. The van der Waals surface area contributed by atoms with Crippen LogP contribution in [0.4, 0.5) is 0 Å². The molecule has 1 aliphatic heterocycles. The molecule has 1 aliphatic rings. The van der Waals surface area contributed by atoms with Gasteiger partial charge in [-0.3, -0.25) is 14.3 Å². The SMILES string of the molecule is CCCCn1nc(C)c(/C=C/C(=O)N2CCCN(C(C)=O)CC2)c1Cl. The van der Waals surface area contributed by atoms with E-state index in [4.69, 9.17) is 11.6 Å². The molecule has 2 amide bonds. The van der Waals surface area contributed by atoms with E-state index in [2.05, 4.69) is 12.0 Å². The number of unbranched alkanes of at least 4 members (excludes halogenated alkanes) is 1. The molecule has 2 rings (SSSR count). The quantitative estimate of drug-likeness (QED) is 0.753. The van der Waals surface area contributed by atoms with E-state index in [-0.39, 0.29) is 11.8 Å². The predicted octanol–water partition coefficient (Wildman–Crippen LogP) is 2.74. The first kappa shape index (κ1) is 19.5. The minimum atomic E-state index is -0.0535. The molecule has 25 heavy (non-hydrogen) atoms. The third kappa shape index (κ3) is 5.08. The van der Waals surface area contributed by atoms with Crippen LogP contribution in [0, 0.1) is 6.92 Å². The van der Waals surface area contributed by atoms with Gasteiger partial charge in [0.05, 0.1) is 5.69 Å². The molecule has 1 fully saturated rings. The van der Waals surface area contributed by atoms with Crippen molar-refractivity contribution in [3.8, 4) is 0 Å². The normalized spacial score (nSPS) is 15.7. The first-order chi connectivity index (χ1) is 11.9. The van der Waals surface area contributed by atoms with Crippen molar-refractivity contribution in [3.63, 3.8) is 0 Å². The van der Waals surface area contributed by atoms with Crippen LogP contribution in [-0.2, 0) is 16.1 Å². The lowest BCUT2D eigenvalue weighted by molar-refractivity contribution is -0.130. The van der Waals surface area contributed by atoms with Crippen molar-refractivity contribution in [2.75, 3.05) is 26.2 Å². The molecule has 0 bridgehead atoms. The number of amides is 2. The lowest BCUT2D eigenvalue weighted by Gasteiger charge is -2.20. The summed E-state index contributed by atoms with van der Waals surface area (Å²) in [5.41, 5.74) is 1.62. The van der Waals surface area contributed by atoms with Crippen molar-refractivity contribution in [2.45, 2.75) is 46.6 Å². The minimum absolute atomic E-state index is 0.0535. The van der Waals surface area contributed by atoms with Crippen LogP contribution in [0.2, 0.25) is 5.15 Å². The number of rotatable bonds is 5. The van der Waals surface area contributed by atoms with Gasteiger partial charge in [0.1, 0.15) is 5.15 Å². The van der Waals surface area contributed by atoms with Gasteiger partial charge in [-0.15, -0.1) is 0 Å². The van der Waals surface area contributed by atoms with Crippen LogP contribution >= 0.6 is 11.6 Å². The summed E-state index contributed by atoms with van der Waals surface area (Å²) in [4.78, 5) is 27.5. The Bertz CT molecular complexity index is 654.